The Kier molecular flexibility index (Phi) is 3.13. The Hall–Kier alpha value is -2.18. The minimum atomic E-state index is -0.677. The van der Waals surface area contributed by atoms with E-state index >= 15 is 0 Å². The van der Waals surface area contributed by atoms with Gasteiger partial charge < -0.3 is 9.84 Å². The van der Waals surface area contributed by atoms with Gasteiger partial charge in [-0.15, -0.1) is 0 Å². The molecule has 102 valence electrons. The summed E-state index contributed by atoms with van der Waals surface area (Å²) in [5.41, 5.74) is 1.05. The zero-order chi connectivity index (χ0) is 14.2. The van der Waals surface area contributed by atoms with Gasteiger partial charge in [0, 0.05) is 19.7 Å². The molecule has 0 unspecified atom stereocenters. The van der Waals surface area contributed by atoms with Crippen molar-refractivity contribution in [3.63, 3.8) is 0 Å². The van der Waals surface area contributed by atoms with E-state index in [0.717, 1.165) is 11.3 Å². The van der Waals surface area contributed by atoms with Crippen LogP contribution in [0.5, 0.6) is 0 Å². The number of aryl methyl sites for hydroxylation is 1. The average Bonchev–Trinajstić information content (AvgIpc) is 2.86. The smallest absolute Gasteiger partial charge is 0.261 e. The molecule has 0 aliphatic carbocycles. The fraction of sp³-hybridized carbons (Fsp3) is 0.500. The standard InChI is InChI=1S/C12H17N5O2/c1-7-9(6-13-17(7)5)10-14-11(16-19-10)12(3,4)15-8(2)18/h6H,1-5H3,(H,15,18). The minimum absolute atomic E-state index is 0.145. The third-order valence-corrected chi connectivity index (χ3v) is 2.94. The van der Waals surface area contributed by atoms with Crippen molar-refractivity contribution < 1.29 is 9.32 Å². The average molecular weight is 263 g/mol. The van der Waals surface area contributed by atoms with Crippen molar-refractivity contribution in [1.82, 2.24) is 25.2 Å². The summed E-state index contributed by atoms with van der Waals surface area (Å²) in [5, 5.41) is 10.8. The molecule has 2 aromatic rings. The number of rotatable bonds is 3. The molecule has 2 aromatic heterocycles. The van der Waals surface area contributed by atoms with Gasteiger partial charge in [0.2, 0.25) is 5.91 Å². The number of hydrogen-bond acceptors (Lipinski definition) is 5. The first-order valence-corrected chi connectivity index (χ1v) is 5.93. The van der Waals surface area contributed by atoms with Crippen LogP contribution in [0.25, 0.3) is 11.5 Å². The van der Waals surface area contributed by atoms with E-state index in [9.17, 15) is 4.79 Å². The highest BCUT2D eigenvalue weighted by molar-refractivity contribution is 5.73. The molecule has 1 amide bonds. The van der Waals surface area contributed by atoms with Crippen molar-refractivity contribution in [1.29, 1.82) is 0 Å². The van der Waals surface area contributed by atoms with Crippen LogP contribution in [0.1, 0.15) is 32.3 Å². The third kappa shape index (κ3) is 2.49. The first-order chi connectivity index (χ1) is 8.81. The van der Waals surface area contributed by atoms with Gasteiger partial charge in [0.1, 0.15) is 0 Å². The lowest BCUT2D eigenvalue weighted by Gasteiger charge is -2.20. The SMILES string of the molecule is CC(=O)NC(C)(C)c1noc(-c2cnn(C)c2C)n1. The number of amides is 1. The maximum absolute atomic E-state index is 11.2. The molecule has 7 nitrogen and oxygen atoms in total. The lowest BCUT2D eigenvalue weighted by Crippen LogP contribution is -2.40. The van der Waals surface area contributed by atoms with Gasteiger partial charge in [-0.2, -0.15) is 10.1 Å². The van der Waals surface area contributed by atoms with Crippen LogP contribution in [0.4, 0.5) is 0 Å². The van der Waals surface area contributed by atoms with E-state index in [1.54, 1.807) is 10.9 Å². The second-order valence-electron chi connectivity index (χ2n) is 5.00. The second-order valence-corrected chi connectivity index (χ2v) is 5.00. The van der Waals surface area contributed by atoms with E-state index in [-0.39, 0.29) is 5.91 Å². The van der Waals surface area contributed by atoms with Gasteiger partial charge in [0.05, 0.1) is 17.3 Å². The van der Waals surface area contributed by atoms with E-state index in [4.69, 9.17) is 4.52 Å². The van der Waals surface area contributed by atoms with Crippen molar-refractivity contribution in [3.8, 4) is 11.5 Å². The van der Waals surface area contributed by atoms with Crippen molar-refractivity contribution in [2.24, 2.45) is 7.05 Å². The molecule has 0 aliphatic rings. The minimum Gasteiger partial charge on any atom is -0.344 e. The van der Waals surface area contributed by atoms with Gasteiger partial charge >= 0.3 is 0 Å². The van der Waals surface area contributed by atoms with Gasteiger partial charge in [-0.05, 0) is 20.8 Å². The molecular weight excluding hydrogens is 246 g/mol. The van der Waals surface area contributed by atoms with Crippen molar-refractivity contribution in [3.05, 3.63) is 17.7 Å². The van der Waals surface area contributed by atoms with Crippen LogP contribution >= 0.6 is 0 Å². The Labute approximate surface area is 111 Å². The Morgan fingerprint density at radius 3 is 2.68 bits per heavy atom. The third-order valence-electron chi connectivity index (χ3n) is 2.94. The van der Waals surface area contributed by atoms with Gasteiger partial charge in [-0.25, -0.2) is 0 Å². The summed E-state index contributed by atoms with van der Waals surface area (Å²) in [7, 11) is 1.84. The summed E-state index contributed by atoms with van der Waals surface area (Å²) in [4.78, 5) is 15.5. The van der Waals surface area contributed by atoms with Crippen molar-refractivity contribution in [2.75, 3.05) is 0 Å². The van der Waals surface area contributed by atoms with Crippen LogP contribution in [-0.4, -0.2) is 25.8 Å². The van der Waals surface area contributed by atoms with Crippen LogP contribution in [0, 0.1) is 6.92 Å². The van der Waals surface area contributed by atoms with E-state index in [2.05, 4.69) is 20.6 Å². The summed E-state index contributed by atoms with van der Waals surface area (Å²) in [6.45, 7) is 7.01. The van der Waals surface area contributed by atoms with Crippen LogP contribution < -0.4 is 5.32 Å². The zero-order valence-electron chi connectivity index (χ0n) is 11.7. The highest BCUT2D eigenvalue weighted by Gasteiger charge is 2.28. The molecule has 1 N–H and O–H groups in total. The summed E-state index contributed by atoms with van der Waals surface area (Å²) >= 11 is 0. The van der Waals surface area contributed by atoms with Gasteiger partial charge in [0.25, 0.3) is 5.89 Å². The molecule has 2 rings (SSSR count). The topological polar surface area (TPSA) is 85.8 Å². The van der Waals surface area contributed by atoms with Crippen LogP contribution in [0.3, 0.4) is 0 Å². The molecule has 0 aromatic carbocycles. The molecule has 0 radical (unpaired) electrons. The molecule has 0 atom stereocenters. The summed E-state index contributed by atoms with van der Waals surface area (Å²) in [6.07, 6.45) is 1.68. The van der Waals surface area contributed by atoms with Crippen molar-refractivity contribution in [2.45, 2.75) is 33.2 Å². The number of aromatic nitrogens is 4. The highest BCUT2D eigenvalue weighted by Crippen LogP contribution is 2.24. The Morgan fingerprint density at radius 2 is 2.16 bits per heavy atom. The molecule has 0 fully saturated rings. The predicted octanol–water partition coefficient (Wildman–Crippen LogP) is 1.15. The maximum Gasteiger partial charge on any atom is 0.261 e. The molecule has 19 heavy (non-hydrogen) atoms. The number of nitrogens with zero attached hydrogens (tertiary/aromatic N) is 4. The fourth-order valence-corrected chi connectivity index (χ4v) is 1.79. The van der Waals surface area contributed by atoms with Crippen molar-refractivity contribution >= 4 is 5.91 Å². The van der Waals surface area contributed by atoms with E-state index < -0.39 is 5.54 Å². The Morgan fingerprint density at radius 1 is 1.47 bits per heavy atom. The molecule has 0 aliphatic heterocycles. The van der Waals surface area contributed by atoms with Crippen LogP contribution in [-0.2, 0) is 17.4 Å². The van der Waals surface area contributed by atoms with Gasteiger partial charge in [-0.1, -0.05) is 5.16 Å². The molecule has 0 saturated heterocycles. The van der Waals surface area contributed by atoms with E-state index in [1.165, 1.54) is 6.92 Å². The predicted molar refractivity (Wildman–Crippen MR) is 68.1 cm³/mol. The van der Waals surface area contributed by atoms with E-state index in [1.807, 2.05) is 27.8 Å². The Balaban J connectivity index is 2.34. The first-order valence-electron chi connectivity index (χ1n) is 5.93. The van der Waals surface area contributed by atoms with Crippen LogP contribution in [0.15, 0.2) is 10.7 Å². The quantitative estimate of drug-likeness (QED) is 0.897. The number of carbonyl (C=O) groups excluding carboxylic acids is 1. The lowest BCUT2D eigenvalue weighted by atomic mass is 10.1. The number of nitrogens with one attached hydrogen (secondary N) is 1. The largest absolute Gasteiger partial charge is 0.344 e. The highest BCUT2D eigenvalue weighted by atomic mass is 16.5. The number of carbonyl (C=O) groups is 1. The Bertz CT molecular complexity index is 611. The molecule has 0 bridgehead atoms. The van der Waals surface area contributed by atoms with Gasteiger partial charge in [0.15, 0.2) is 5.82 Å². The molecule has 0 saturated carbocycles. The summed E-state index contributed by atoms with van der Waals surface area (Å²) in [5.74, 6) is 0.689. The lowest BCUT2D eigenvalue weighted by molar-refractivity contribution is -0.120. The first kappa shape index (κ1) is 13.3. The van der Waals surface area contributed by atoms with E-state index in [0.29, 0.717) is 11.7 Å². The second kappa shape index (κ2) is 4.49. The maximum atomic E-state index is 11.2. The van der Waals surface area contributed by atoms with Crippen LogP contribution in [0.2, 0.25) is 0 Å². The molecule has 0 spiro atoms. The molecule has 2 heterocycles. The summed E-state index contributed by atoms with van der Waals surface area (Å²) < 4.78 is 6.98. The normalized spacial score (nSPS) is 11.6. The molecule has 7 heteroatoms. The fourth-order valence-electron chi connectivity index (χ4n) is 1.79. The van der Waals surface area contributed by atoms with Gasteiger partial charge in [-0.3, -0.25) is 9.48 Å². The monoisotopic (exact) mass is 263 g/mol. The summed E-state index contributed by atoms with van der Waals surface area (Å²) in [6, 6.07) is 0. The zero-order valence-corrected chi connectivity index (χ0v) is 11.7. The molecular formula is C12H17N5O2. The number of hydrogen-bond donors (Lipinski definition) is 1.